The average molecular weight is 454 g/mol. The number of hydrogen-bond acceptors (Lipinski definition) is 5. The van der Waals surface area contributed by atoms with Crippen LogP contribution in [-0.4, -0.2) is 28.0 Å². The van der Waals surface area contributed by atoms with E-state index in [2.05, 4.69) is 0 Å². The lowest BCUT2D eigenvalue weighted by Crippen LogP contribution is -2.40. The maximum absolute atomic E-state index is 13.5. The van der Waals surface area contributed by atoms with Gasteiger partial charge in [-0.25, -0.2) is 8.42 Å². The van der Waals surface area contributed by atoms with E-state index in [0.717, 1.165) is 26.6 Å². The summed E-state index contributed by atoms with van der Waals surface area (Å²) in [7, 11) is -2.64. The molecule has 0 aromatic heterocycles. The number of nitrogens with zero attached hydrogens (tertiary/aromatic N) is 1. The Kier molecular flexibility index (Phi) is 6.89. The van der Waals surface area contributed by atoms with E-state index in [-0.39, 0.29) is 10.6 Å². The highest BCUT2D eigenvalue weighted by atomic mass is 32.2. The van der Waals surface area contributed by atoms with Crippen LogP contribution in [0, 0.1) is 27.7 Å². The third-order valence-electron chi connectivity index (χ3n) is 5.31. The van der Waals surface area contributed by atoms with Gasteiger partial charge in [0.05, 0.1) is 17.7 Å². The van der Waals surface area contributed by atoms with E-state index in [0.29, 0.717) is 11.5 Å². The summed E-state index contributed by atoms with van der Waals surface area (Å²) in [6.07, 6.45) is 0. The topological polar surface area (TPSA) is 72.9 Å². The third-order valence-corrected chi connectivity index (χ3v) is 7.07. The zero-order valence-corrected chi connectivity index (χ0v) is 19.7. The molecule has 0 unspecified atom stereocenters. The Morgan fingerprint density at radius 1 is 0.844 bits per heavy atom. The zero-order valence-electron chi connectivity index (χ0n) is 18.9. The van der Waals surface area contributed by atoms with Gasteiger partial charge in [0.15, 0.2) is 6.61 Å². The number of hydrogen-bond donors (Lipinski definition) is 0. The number of aryl methyl sites for hydroxylation is 3. The van der Waals surface area contributed by atoms with Crippen LogP contribution in [0.3, 0.4) is 0 Å². The number of methoxy groups -OCH3 is 1. The Bertz CT molecular complexity index is 1220. The van der Waals surface area contributed by atoms with E-state index in [4.69, 9.17) is 9.47 Å². The lowest BCUT2D eigenvalue weighted by atomic mass is 10.1. The normalized spacial score (nSPS) is 11.2. The van der Waals surface area contributed by atoms with E-state index in [1.807, 2.05) is 39.8 Å². The fraction of sp³-hybridized carbons (Fsp3) is 0.240. The minimum Gasteiger partial charge on any atom is -0.497 e. The second-order valence-electron chi connectivity index (χ2n) is 7.62. The number of amides is 1. The van der Waals surface area contributed by atoms with Gasteiger partial charge in [-0.1, -0.05) is 29.8 Å². The van der Waals surface area contributed by atoms with Crippen molar-refractivity contribution < 1.29 is 22.7 Å². The Labute approximate surface area is 189 Å². The van der Waals surface area contributed by atoms with Gasteiger partial charge in [-0.2, -0.15) is 4.31 Å². The maximum atomic E-state index is 13.5. The maximum Gasteiger partial charge on any atom is 0.278 e. The van der Waals surface area contributed by atoms with Crippen LogP contribution in [0.4, 0.5) is 5.69 Å². The summed E-state index contributed by atoms with van der Waals surface area (Å²) in [5.41, 5.74) is 3.93. The molecule has 3 aromatic carbocycles. The molecule has 0 spiro atoms. The summed E-state index contributed by atoms with van der Waals surface area (Å²) in [6, 6.07) is 16.5. The Morgan fingerprint density at radius 2 is 1.44 bits per heavy atom. The minimum absolute atomic E-state index is 0.0233. The van der Waals surface area contributed by atoms with Crippen molar-refractivity contribution in [3.63, 3.8) is 0 Å². The monoisotopic (exact) mass is 453 g/mol. The van der Waals surface area contributed by atoms with Gasteiger partial charge in [-0.3, -0.25) is 4.79 Å². The molecule has 3 aromatic rings. The number of sulfonamides is 1. The second kappa shape index (κ2) is 9.44. The van der Waals surface area contributed by atoms with Crippen molar-refractivity contribution in [3.05, 3.63) is 82.9 Å². The molecule has 0 atom stereocenters. The van der Waals surface area contributed by atoms with Crippen molar-refractivity contribution in [2.24, 2.45) is 0 Å². The number of anilines is 1. The van der Waals surface area contributed by atoms with Crippen molar-refractivity contribution in [1.29, 1.82) is 0 Å². The molecule has 0 saturated carbocycles. The van der Waals surface area contributed by atoms with Crippen LogP contribution in [0.2, 0.25) is 0 Å². The molecule has 0 aliphatic heterocycles. The first-order valence-corrected chi connectivity index (χ1v) is 11.6. The molecule has 0 radical (unpaired) electrons. The van der Waals surface area contributed by atoms with Gasteiger partial charge >= 0.3 is 0 Å². The van der Waals surface area contributed by atoms with Crippen molar-refractivity contribution in [1.82, 2.24) is 0 Å². The molecule has 7 heteroatoms. The second-order valence-corrected chi connectivity index (χ2v) is 9.40. The predicted molar refractivity (Wildman–Crippen MR) is 125 cm³/mol. The van der Waals surface area contributed by atoms with E-state index < -0.39 is 22.5 Å². The Morgan fingerprint density at radius 3 is 2.03 bits per heavy atom. The first kappa shape index (κ1) is 23.3. The van der Waals surface area contributed by atoms with E-state index in [9.17, 15) is 13.2 Å². The fourth-order valence-electron chi connectivity index (χ4n) is 3.29. The minimum atomic E-state index is -4.16. The van der Waals surface area contributed by atoms with Crippen LogP contribution in [0.5, 0.6) is 11.5 Å². The molecule has 168 valence electrons. The molecule has 0 heterocycles. The fourth-order valence-corrected chi connectivity index (χ4v) is 4.70. The van der Waals surface area contributed by atoms with Gasteiger partial charge in [0, 0.05) is 0 Å². The van der Waals surface area contributed by atoms with Crippen LogP contribution in [0.15, 0.2) is 65.6 Å². The predicted octanol–water partition coefficient (Wildman–Crippen LogP) is 4.73. The molecule has 0 aliphatic rings. The van der Waals surface area contributed by atoms with Gasteiger partial charge in [0.1, 0.15) is 11.5 Å². The number of carbonyl (C=O) groups excluding carboxylic acids is 1. The first-order chi connectivity index (χ1) is 15.1. The molecular formula is C25H27NO5S. The highest BCUT2D eigenvalue weighted by Crippen LogP contribution is 2.28. The standard InChI is InChI=1S/C25H27NO5S/c1-17-6-14-23(15-7-17)32(28,29)26(21-10-12-22(30-5)13-11-21)24(27)16-31-25-19(3)9-8-18(2)20(25)4/h6-15H,16H2,1-5H3. The quantitative estimate of drug-likeness (QED) is 0.517. The summed E-state index contributed by atoms with van der Waals surface area (Å²) in [5.74, 6) is 0.438. The lowest BCUT2D eigenvalue weighted by molar-refractivity contribution is -0.119. The van der Waals surface area contributed by atoms with E-state index in [1.54, 1.807) is 24.3 Å². The largest absolute Gasteiger partial charge is 0.497 e. The number of carbonyl (C=O) groups is 1. The summed E-state index contributed by atoms with van der Waals surface area (Å²) in [5, 5.41) is 0. The lowest BCUT2D eigenvalue weighted by Gasteiger charge is -2.23. The van der Waals surface area contributed by atoms with Gasteiger partial charge < -0.3 is 9.47 Å². The zero-order chi connectivity index (χ0) is 23.5. The summed E-state index contributed by atoms with van der Waals surface area (Å²) >= 11 is 0. The van der Waals surface area contributed by atoms with Gasteiger partial charge in [0.25, 0.3) is 15.9 Å². The number of benzene rings is 3. The molecule has 0 N–H and O–H groups in total. The van der Waals surface area contributed by atoms with Crippen molar-refractivity contribution in [2.75, 3.05) is 18.0 Å². The van der Waals surface area contributed by atoms with Crippen LogP contribution in [0.25, 0.3) is 0 Å². The molecule has 1 amide bonds. The first-order valence-electron chi connectivity index (χ1n) is 10.1. The highest BCUT2D eigenvalue weighted by Gasteiger charge is 2.31. The Balaban J connectivity index is 1.99. The van der Waals surface area contributed by atoms with E-state index >= 15 is 0 Å². The molecule has 0 bridgehead atoms. The van der Waals surface area contributed by atoms with Gasteiger partial charge in [-0.05, 0) is 80.8 Å². The highest BCUT2D eigenvalue weighted by molar-refractivity contribution is 7.93. The van der Waals surface area contributed by atoms with Crippen LogP contribution < -0.4 is 13.8 Å². The smallest absolute Gasteiger partial charge is 0.278 e. The van der Waals surface area contributed by atoms with Crippen LogP contribution in [-0.2, 0) is 14.8 Å². The number of rotatable bonds is 7. The molecule has 0 fully saturated rings. The molecule has 3 rings (SSSR count). The SMILES string of the molecule is COc1ccc(N(C(=O)COc2c(C)ccc(C)c2C)S(=O)(=O)c2ccc(C)cc2)cc1. The number of ether oxygens (including phenoxy) is 2. The van der Waals surface area contributed by atoms with Crippen molar-refractivity contribution >= 4 is 21.6 Å². The van der Waals surface area contributed by atoms with Crippen LogP contribution in [0.1, 0.15) is 22.3 Å². The molecule has 32 heavy (non-hydrogen) atoms. The summed E-state index contributed by atoms with van der Waals surface area (Å²) in [4.78, 5) is 13.3. The van der Waals surface area contributed by atoms with E-state index in [1.165, 1.54) is 31.4 Å². The van der Waals surface area contributed by atoms with Crippen molar-refractivity contribution in [3.8, 4) is 11.5 Å². The average Bonchev–Trinajstić information content (AvgIpc) is 2.77. The molecule has 0 saturated heterocycles. The Hall–Kier alpha value is -3.32. The third kappa shape index (κ3) is 4.78. The van der Waals surface area contributed by atoms with Gasteiger partial charge in [-0.15, -0.1) is 0 Å². The summed E-state index contributed by atoms with van der Waals surface area (Å²) in [6.45, 7) is 7.18. The van der Waals surface area contributed by atoms with Crippen LogP contribution >= 0.6 is 0 Å². The molecule has 0 aliphatic carbocycles. The molecular weight excluding hydrogens is 426 g/mol. The van der Waals surface area contributed by atoms with Gasteiger partial charge in [0.2, 0.25) is 0 Å². The molecule has 6 nitrogen and oxygen atoms in total. The van der Waals surface area contributed by atoms with Crippen molar-refractivity contribution in [2.45, 2.75) is 32.6 Å². The summed E-state index contributed by atoms with van der Waals surface area (Å²) < 4.78 is 38.7.